The Bertz CT molecular complexity index is 924. The van der Waals surface area contributed by atoms with Crippen LogP contribution in [0.2, 0.25) is 0 Å². The molecule has 0 aromatic carbocycles. The van der Waals surface area contributed by atoms with E-state index in [1.165, 1.54) is 0 Å². The topological polar surface area (TPSA) is 103 Å². The quantitative estimate of drug-likeness (QED) is 0.615. The highest BCUT2D eigenvalue weighted by molar-refractivity contribution is 5.69. The normalized spacial score (nSPS) is 10.8. The van der Waals surface area contributed by atoms with Gasteiger partial charge in [0, 0.05) is 24.8 Å². The molecule has 0 unspecified atom stereocenters. The van der Waals surface area contributed by atoms with Gasteiger partial charge in [0.15, 0.2) is 5.65 Å². The van der Waals surface area contributed by atoms with Crippen molar-refractivity contribution in [3.8, 4) is 17.0 Å². The zero-order chi connectivity index (χ0) is 19.2. The average Bonchev–Trinajstić information content (AvgIpc) is 3.07. The summed E-state index contributed by atoms with van der Waals surface area (Å²) in [5.41, 5.74) is 2.36. The lowest BCUT2D eigenvalue weighted by molar-refractivity contribution is 0.116. The van der Waals surface area contributed by atoms with Gasteiger partial charge in [0.25, 0.3) is 0 Å². The number of carbonyl (C=O) groups excluding carboxylic acids is 1. The first-order valence-electron chi connectivity index (χ1n) is 8.60. The molecule has 3 aromatic rings. The molecular weight excluding hydrogens is 348 g/mol. The molecule has 0 aliphatic carbocycles. The fraction of sp³-hybridized carbons (Fsp3) is 0.333. The number of nitrogens with zero attached hydrogens (tertiary/aromatic N) is 4. The van der Waals surface area contributed by atoms with Crippen LogP contribution in [0.25, 0.3) is 16.9 Å². The van der Waals surface area contributed by atoms with Crippen molar-refractivity contribution in [2.24, 2.45) is 0 Å². The molecular formula is C18H22N6O3. The Balaban J connectivity index is 1.71. The zero-order valence-corrected chi connectivity index (χ0v) is 15.5. The molecule has 0 aliphatic rings. The Hall–Kier alpha value is -3.36. The molecule has 9 heteroatoms. The number of fused-ring (bicyclic) bond motifs is 1. The van der Waals surface area contributed by atoms with Crippen LogP contribution in [0.5, 0.6) is 5.75 Å². The van der Waals surface area contributed by atoms with Gasteiger partial charge >= 0.3 is 6.09 Å². The first kappa shape index (κ1) is 18.4. The molecule has 3 heterocycles. The second kappa shape index (κ2) is 8.35. The molecule has 0 spiro atoms. The van der Waals surface area contributed by atoms with Gasteiger partial charge in [0.2, 0.25) is 0 Å². The van der Waals surface area contributed by atoms with E-state index in [2.05, 4.69) is 25.7 Å². The Morgan fingerprint density at radius 1 is 1.22 bits per heavy atom. The molecule has 3 aromatic heterocycles. The van der Waals surface area contributed by atoms with Crippen molar-refractivity contribution in [1.29, 1.82) is 0 Å². The van der Waals surface area contributed by atoms with Crippen LogP contribution in [0.15, 0.2) is 36.8 Å². The number of ether oxygens (including phenoxy) is 2. The summed E-state index contributed by atoms with van der Waals surface area (Å²) < 4.78 is 12.1. The number of alkyl carbamates (subject to hydrolysis) is 1. The van der Waals surface area contributed by atoms with Crippen LogP contribution in [0.1, 0.15) is 13.8 Å². The van der Waals surface area contributed by atoms with Crippen LogP contribution in [0.3, 0.4) is 0 Å². The number of nitrogens with one attached hydrogen (secondary N) is 2. The second-order valence-electron chi connectivity index (χ2n) is 6.02. The fourth-order valence-electron chi connectivity index (χ4n) is 2.52. The largest absolute Gasteiger partial charge is 0.494 e. The van der Waals surface area contributed by atoms with Crippen molar-refractivity contribution in [1.82, 2.24) is 24.9 Å². The lowest BCUT2D eigenvalue weighted by Gasteiger charge is -2.11. The predicted octanol–water partition coefficient (Wildman–Crippen LogP) is 2.35. The summed E-state index contributed by atoms with van der Waals surface area (Å²) in [6.07, 6.45) is 4.51. The number of aromatic nitrogens is 4. The number of carbonyl (C=O) groups is 1. The van der Waals surface area contributed by atoms with E-state index in [9.17, 15) is 4.79 Å². The van der Waals surface area contributed by atoms with Crippen molar-refractivity contribution in [2.45, 2.75) is 20.0 Å². The molecule has 1 amide bonds. The minimum absolute atomic E-state index is 0.146. The Morgan fingerprint density at radius 2 is 2.07 bits per heavy atom. The minimum atomic E-state index is -0.433. The molecule has 0 saturated heterocycles. The first-order valence-corrected chi connectivity index (χ1v) is 8.60. The highest BCUT2D eigenvalue weighted by Crippen LogP contribution is 2.28. The van der Waals surface area contributed by atoms with E-state index in [1.807, 2.05) is 18.2 Å². The highest BCUT2D eigenvalue weighted by Gasteiger charge is 2.12. The van der Waals surface area contributed by atoms with Gasteiger partial charge < -0.3 is 20.1 Å². The average molecular weight is 370 g/mol. The summed E-state index contributed by atoms with van der Waals surface area (Å²) >= 11 is 0. The predicted molar refractivity (Wildman–Crippen MR) is 101 cm³/mol. The third kappa shape index (κ3) is 4.43. The van der Waals surface area contributed by atoms with Crippen molar-refractivity contribution < 1.29 is 14.3 Å². The number of amides is 1. The maximum atomic E-state index is 11.5. The minimum Gasteiger partial charge on any atom is -0.494 e. The van der Waals surface area contributed by atoms with Gasteiger partial charge in [-0.25, -0.2) is 14.3 Å². The van der Waals surface area contributed by atoms with Gasteiger partial charge in [-0.15, -0.1) is 5.10 Å². The fourth-order valence-corrected chi connectivity index (χ4v) is 2.52. The van der Waals surface area contributed by atoms with Gasteiger partial charge in [0.1, 0.15) is 11.6 Å². The van der Waals surface area contributed by atoms with Crippen molar-refractivity contribution in [3.05, 3.63) is 36.8 Å². The molecule has 142 valence electrons. The molecule has 0 bridgehead atoms. The van der Waals surface area contributed by atoms with E-state index in [-0.39, 0.29) is 6.10 Å². The summed E-state index contributed by atoms with van der Waals surface area (Å²) in [5.74, 6) is 1.31. The van der Waals surface area contributed by atoms with Crippen LogP contribution >= 0.6 is 0 Å². The molecule has 27 heavy (non-hydrogen) atoms. The Morgan fingerprint density at radius 3 is 2.85 bits per heavy atom. The molecule has 0 fully saturated rings. The van der Waals surface area contributed by atoms with Crippen LogP contribution in [0, 0.1) is 0 Å². The van der Waals surface area contributed by atoms with Crippen LogP contribution in [0.4, 0.5) is 10.6 Å². The third-order valence-electron chi connectivity index (χ3n) is 3.69. The van der Waals surface area contributed by atoms with E-state index in [4.69, 9.17) is 9.47 Å². The summed E-state index contributed by atoms with van der Waals surface area (Å²) in [4.78, 5) is 19.9. The van der Waals surface area contributed by atoms with E-state index in [1.54, 1.807) is 44.1 Å². The van der Waals surface area contributed by atoms with Gasteiger partial charge in [0.05, 0.1) is 31.3 Å². The van der Waals surface area contributed by atoms with E-state index < -0.39 is 6.09 Å². The lowest BCUT2D eigenvalue weighted by atomic mass is 10.2. The summed E-state index contributed by atoms with van der Waals surface area (Å²) in [6, 6.07) is 5.56. The molecule has 3 rings (SSSR count). The second-order valence-corrected chi connectivity index (χ2v) is 6.02. The maximum absolute atomic E-state index is 11.5. The van der Waals surface area contributed by atoms with Gasteiger partial charge in [-0.3, -0.25) is 4.98 Å². The van der Waals surface area contributed by atoms with Crippen LogP contribution < -0.4 is 15.4 Å². The van der Waals surface area contributed by atoms with Gasteiger partial charge in [-0.05, 0) is 32.0 Å². The highest BCUT2D eigenvalue weighted by atomic mass is 16.6. The number of hydrogen-bond donors (Lipinski definition) is 2. The number of hydrogen-bond acceptors (Lipinski definition) is 7. The van der Waals surface area contributed by atoms with Crippen molar-refractivity contribution in [3.63, 3.8) is 0 Å². The molecule has 0 radical (unpaired) electrons. The molecule has 2 N–H and O–H groups in total. The molecule has 0 aliphatic heterocycles. The standard InChI is InChI=1S/C18H22N6O3/c1-12(2)27-18(25)21-9-8-20-16-4-5-17-22-10-14(24(17)23-16)13-6-7-19-11-15(13)26-3/h4-7,10-12H,8-9H2,1-3H3,(H,20,23)(H,21,25). The van der Waals surface area contributed by atoms with E-state index >= 15 is 0 Å². The summed E-state index contributed by atoms with van der Waals surface area (Å²) in [6.45, 7) is 4.53. The van der Waals surface area contributed by atoms with Crippen LogP contribution in [-0.2, 0) is 4.74 Å². The first-order chi connectivity index (χ1) is 13.1. The number of imidazole rings is 1. The number of anilines is 1. The SMILES string of the molecule is COc1cnccc1-c1cnc2ccc(NCCNC(=O)OC(C)C)nn12. The zero-order valence-electron chi connectivity index (χ0n) is 15.5. The maximum Gasteiger partial charge on any atom is 0.407 e. The molecule has 0 atom stereocenters. The summed E-state index contributed by atoms with van der Waals surface area (Å²) in [7, 11) is 1.60. The third-order valence-corrected chi connectivity index (χ3v) is 3.69. The lowest BCUT2D eigenvalue weighted by Crippen LogP contribution is -2.31. The Labute approximate surface area is 156 Å². The molecule has 0 saturated carbocycles. The van der Waals surface area contributed by atoms with Gasteiger partial charge in [-0.1, -0.05) is 0 Å². The van der Waals surface area contributed by atoms with E-state index in [0.29, 0.717) is 30.3 Å². The van der Waals surface area contributed by atoms with E-state index in [0.717, 1.165) is 11.3 Å². The van der Waals surface area contributed by atoms with Gasteiger partial charge in [-0.2, -0.15) is 0 Å². The van der Waals surface area contributed by atoms with Crippen LogP contribution in [-0.4, -0.2) is 52.0 Å². The van der Waals surface area contributed by atoms with Crippen molar-refractivity contribution in [2.75, 3.05) is 25.5 Å². The number of rotatable bonds is 7. The summed E-state index contributed by atoms with van der Waals surface area (Å²) in [5, 5.41) is 10.4. The molecule has 9 nitrogen and oxygen atoms in total. The monoisotopic (exact) mass is 370 g/mol. The number of pyridine rings is 1. The number of methoxy groups -OCH3 is 1. The Kier molecular flexibility index (Phi) is 5.70. The van der Waals surface area contributed by atoms with Crippen molar-refractivity contribution >= 4 is 17.6 Å². The smallest absolute Gasteiger partial charge is 0.407 e.